The second-order valence-corrected chi connectivity index (χ2v) is 7.52. The van der Waals surface area contributed by atoms with Gasteiger partial charge in [0.2, 0.25) is 21.3 Å². The number of amides is 1. The fourth-order valence-electron chi connectivity index (χ4n) is 3.14. The Labute approximate surface area is 132 Å². The van der Waals surface area contributed by atoms with Crippen molar-refractivity contribution in [3.63, 3.8) is 0 Å². The summed E-state index contributed by atoms with van der Waals surface area (Å²) in [5, 5.41) is 35.6. The number of carbonyl (C=O) groups is 4. The lowest BCUT2D eigenvalue weighted by atomic mass is 9.93. The summed E-state index contributed by atoms with van der Waals surface area (Å²) in [7, 11) is -5.18. The Balaban J connectivity index is 2.39. The first kappa shape index (κ1) is 16.2. The Morgan fingerprint density at radius 3 is 2.42 bits per heavy atom. The maximum Gasteiger partial charge on any atom is 0.366 e. The van der Waals surface area contributed by atoms with Crippen LogP contribution in [0.3, 0.4) is 0 Å². The van der Waals surface area contributed by atoms with Crippen LogP contribution in [0.5, 0.6) is 0 Å². The molecule has 14 heteroatoms. The molecule has 1 aromatic rings. The van der Waals surface area contributed by atoms with E-state index in [0.29, 0.717) is 0 Å². The van der Waals surface area contributed by atoms with Crippen LogP contribution in [-0.4, -0.2) is 78.2 Å². The molecule has 1 aromatic heterocycles. The number of aromatic nitrogens is 3. The van der Waals surface area contributed by atoms with E-state index in [-0.39, 0.29) is 4.68 Å². The van der Waals surface area contributed by atoms with Crippen LogP contribution in [0.1, 0.15) is 11.2 Å². The second kappa shape index (κ2) is 4.43. The Morgan fingerprint density at radius 2 is 2.00 bits per heavy atom. The fraction of sp³-hybridized carbons (Fsp3) is 0.400. The molecule has 128 valence electrons. The number of hydrogen-bond acceptors (Lipinski definition) is 9. The lowest BCUT2D eigenvalue weighted by molar-refractivity contribution is -0.854. The highest BCUT2D eigenvalue weighted by Crippen LogP contribution is 2.52. The molecule has 2 fully saturated rings. The van der Waals surface area contributed by atoms with Crippen LogP contribution >= 0.6 is 0 Å². The number of quaternary nitrogens is 1. The van der Waals surface area contributed by atoms with Crippen LogP contribution in [0, 0.1) is 5.21 Å². The fourth-order valence-corrected chi connectivity index (χ4v) is 5.73. The molecule has 0 spiro atoms. The third kappa shape index (κ3) is 1.43. The van der Waals surface area contributed by atoms with Crippen LogP contribution in [0.25, 0.3) is 0 Å². The number of sulfone groups is 1. The number of aliphatic carboxylic acids is 2. The summed E-state index contributed by atoms with van der Waals surface area (Å²) in [4.78, 5) is 47.5. The number of carboxylic acid groups (broad SMARTS) is 2. The molecule has 2 aliphatic heterocycles. The zero-order chi connectivity index (χ0) is 18.1. The molecular weight excluding hydrogens is 352 g/mol. The van der Waals surface area contributed by atoms with E-state index in [1.54, 1.807) is 0 Å². The van der Waals surface area contributed by atoms with Crippen molar-refractivity contribution in [3.8, 4) is 0 Å². The molecular formula is C10H8N4O9S. The Bertz CT molecular complexity index is 893. The van der Waals surface area contributed by atoms with Crippen molar-refractivity contribution in [2.75, 3.05) is 0 Å². The van der Waals surface area contributed by atoms with Crippen LogP contribution in [-0.2, 0) is 24.2 Å². The zero-order valence-electron chi connectivity index (χ0n) is 11.5. The van der Waals surface area contributed by atoms with Gasteiger partial charge < -0.3 is 15.4 Å². The molecule has 1 amide bonds. The van der Waals surface area contributed by atoms with E-state index in [1.807, 2.05) is 0 Å². The van der Waals surface area contributed by atoms with Gasteiger partial charge in [-0.05, 0) is 0 Å². The Hall–Kier alpha value is -2.71. The quantitative estimate of drug-likeness (QED) is 0.244. The molecule has 0 bridgehead atoms. The number of hydrogen-bond donors (Lipinski definition) is 2. The lowest BCUT2D eigenvalue weighted by Crippen LogP contribution is -2.71. The van der Waals surface area contributed by atoms with Crippen molar-refractivity contribution < 1.29 is 42.5 Å². The highest BCUT2D eigenvalue weighted by atomic mass is 32.2. The predicted molar refractivity (Wildman–Crippen MR) is 68.4 cm³/mol. The lowest BCUT2D eigenvalue weighted by Gasteiger charge is -2.49. The van der Waals surface area contributed by atoms with Gasteiger partial charge >= 0.3 is 22.6 Å². The van der Waals surface area contributed by atoms with Gasteiger partial charge in [0, 0.05) is 0 Å². The number of carboxylic acids is 2. The summed E-state index contributed by atoms with van der Waals surface area (Å²) in [6.07, 6.45) is 0.857. The zero-order valence-corrected chi connectivity index (χ0v) is 12.3. The maximum absolute atomic E-state index is 12.6. The molecule has 4 atom stereocenters. The molecule has 3 unspecified atom stereocenters. The normalized spacial score (nSPS) is 36.6. The van der Waals surface area contributed by atoms with E-state index in [0.717, 1.165) is 12.4 Å². The van der Waals surface area contributed by atoms with E-state index in [1.165, 1.54) is 0 Å². The number of β-lactam (4-membered cyclic amide) rings is 1. The van der Waals surface area contributed by atoms with E-state index in [9.17, 15) is 43.0 Å². The summed E-state index contributed by atoms with van der Waals surface area (Å²) in [6.45, 7) is 0. The standard InChI is InChI=1S/C10H8N4O9S/c15-4-3-5-14(4,21)6(7(16)17)10(9(19)20,24(5,22)23)8(18)13-2-1-11-12-13/h1-2,5-6H,3H2,(H,16,17)(H,19,20)/t5?,6?,10-,14?/m0/s1. The molecule has 0 radical (unpaired) electrons. The SMILES string of the molecule is O=C(O)C1[C@@](C(=O)O)(C(=O)n2ccnn2)S(=O)(=O)C2CC(=O)[N+]12[O-]. The minimum absolute atomic E-state index is 0.212. The number of nitrogens with zero attached hydrogens (tertiary/aromatic N) is 4. The van der Waals surface area contributed by atoms with Gasteiger partial charge in [-0.25, -0.2) is 22.8 Å². The molecule has 13 nitrogen and oxygen atoms in total. The third-order valence-corrected chi connectivity index (χ3v) is 6.91. The molecule has 2 aliphatic rings. The first-order valence-electron chi connectivity index (χ1n) is 6.27. The summed E-state index contributed by atoms with van der Waals surface area (Å²) in [5.41, 5.74) is 0. The molecule has 3 heterocycles. The van der Waals surface area contributed by atoms with Crippen LogP contribution in [0.2, 0.25) is 0 Å². The first-order chi connectivity index (χ1) is 11.0. The van der Waals surface area contributed by atoms with Crippen molar-refractivity contribution in [2.24, 2.45) is 0 Å². The van der Waals surface area contributed by atoms with Gasteiger partial charge in [0.25, 0.3) is 5.91 Å². The first-order valence-corrected chi connectivity index (χ1v) is 7.82. The van der Waals surface area contributed by atoms with Crippen molar-refractivity contribution >= 4 is 33.6 Å². The van der Waals surface area contributed by atoms with Crippen molar-refractivity contribution in [2.45, 2.75) is 22.6 Å². The molecule has 24 heavy (non-hydrogen) atoms. The molecule has 0 aromatic carbocycles. The highest BCUT2D eigenvalue weighted by Gasteiger charge is 2.86. The van der Waals surface area contributed by atoms with E-state index < -0.39 is 60.8 Å². The number of fused-ring (bicyclic) bond motifs is 1. The Kier molecular flexibility index (Phi) is 2.98. The molecule has 0 saturated carbocycles. The van der Waals surface area contributed by atoms with Crippen LogP contribution < -0.4 is 0 Å². The van der Waals surface area contributed by atoms with Gasteiger partial charge in [-0.3, -0.25) is 9.44 Å². The van der Waals surface area contributed by atoms with Crippen molar-refractivity contribution in [3.05, 3.63) is 17.6 Å². The average molecular weight is 360 g/mol. The molecule has 2 N–H and O–H groups in total. The van der Waals surface area contributed by atoms with Gasteiger partial charge in [-0.1, -0.05) is 5.21 Å². The van der Waals surface area contributed by atoms with Gasteiger partial charge in [0.15, 0.2) is 0 Å². The van der Waals surface area contributed by atoms with E-state index >= 15 is 0 Å². The monoisotopic (exact) mass is 360 g/mol. The smallest absolute Gasteiger partial charge is 0.366 e. The van der Waals surface area contributed by atoms with E-state index in [2.05, 4.69) is 10.3 Å². The maximum atomic E-state index is 12.6. The Morgan fingerprint density at radius 1 is 1.38 bits per heavy atom. The minimum Gasteiger partial charge on any atom is -0.624 e. The number of carbonyl (C=O) groups excluding carboxylic acids is 2. The molecule has 0 aliphatic carbocycles. The van der Waals surface area contributed by atoms with Crippen LogP contribution in [0.4, 0.5) is 0 Å². The van der Waals surface area contributed by atoms with Gasteiger partial charge in [0.1, 0.15) is 6.42 Å². The average Bonchev–Trinajstić information content (AvgIpc) is 3.04. The predicted octanol–water partition coefficient (Wildman–Crippen LogP) is -2.81. The van der Waals surface area contributed by atoms with E-state index in [4.69, 9.17) is 0 Å². The van der Waals surface area contributed by atoms with Crippen molar-refractivity contribution in [1.29, 1.82) is 0 Å². The summed E-state index contributed by atoms with van der Waals surface area (Å²) >= 11 is 0. The topological polar surface area (TPSA) is 197 Å². The second-order valence-electron chi connectivity index (χ2n) is 5.24. The largest absolute Gasteiger partial charge is 0.624 e. The highest BCUT2D eigenvalue weighted by molar-refractivity contribution is 7.95. The number of hydroxylamine groups is 3. The third-order valence-electron chi connectivity index (χ3n) is 4.24. The van der Waals surface area contributed by atoms with Crippen molar-refractivity contribution in [1.82, 2.24) is 15.0 Å². The summed E-state index contributed by atoms with van der Waals surface area (Å²) in [6, 6.07) is -2.89. The molecule has 2 saturated heterocycles. The molecule has 3 rings (SSSR count). The summed E-state index contributed by atoms with van der Waals surface area (Å²) in [5.74, 6) is -7.69. The van der Waals surface area contributed by atoms with Gasteiger partial charge in [-0.15, -0.1) is 5.10 Å². The minimum atomic E-state index is -5.18. The van der Waals surface area contributed by atoms with Crippen LogP contribution in [0.15, 0.2) is 12.4 Å². The summed E-state index contributed by atoms with van der Waals surface area (Å²) < 4.78 is 19.3. The van der Waals surface area contributed by atoms with Gasteiger partial charge in [-0.2, -0.15) is 4.68 Å². The van der Waals surface area contributed by atoms with Gasteiger partial charge in [0.05, 0.1) is 12.4 Å². The number of rotatable bonds is 3.